The highest BCUT2D eigenvalue weighted by Gasteiger charge is 2.25. The lowest BCUT2D eigenvalue weighted by molar-refractivity contribution is 0.372. The zero-order valence-electron chi connectivity index (χ0n) is 9.99. The van der Waals surface area contributed by atoms with Crippen LogP contribution in [0.1, 0.15) is 39.0 Å². The molecular formula is C11H22ClNO2S. The van der Waals surface area contributed by atoms with Gasteiger partial charge >= 0.3 is 0 Å². The third-order valence-corrected chi connectivity index (χ3v) is 5.54. The van der Waals surface area contributed by atoms with Crippen molar-refractivity contribution in [2.45, 2.75) is 39.0 Å². The lowest BCUT2D eigenvalue weighted by Crippen LogP contribution is -2.36. The summed E-state index contributed by atoms with van der Waals surface area (Å²) in [6.45, 7) is 2.83. The summed E-state index contributed by atoms with van der Waals surface area (Å²) in [7, 11) is -3.09. The molecule has 16 heavy (non-hydrogen) atoms. The number of sulfonamides is 1. The zero-order chi connectivity index (χ0) is 12.0. The van der Waals surface area contributed by atoms with Crippen molar-refractivity contribution in [3.63, 3.8) is 0 Å². The van der Waals surface area contributed by atoms with E-state index in [1.165, 1.54) is 23.6 Å². The Hall–Kier alpha value is 0.200. The molecule has 1 aliphatic carbocycles. The fraction of sp³-hybridized carbons (Fsp3) is 1.00. The Morgan fingerprint density at radius 2 is 1.88 bits per heavy atom. The standard InChI is InChI=1S/C11H22ClNO2S/c1-2-13(9-8-12)16(14,15)10-11-6-4-3-5-7-11/h11H,2-10H2,1H3. The van der Waals surface area contributed by atoms with E-state index in [1.807, 2.05) is 6.92 Å². The Bertz CT molecular complexity index is 286. The van der Waals surface area contributed by atoms with Gasteiger partial charge in [0.15, 0.2) is 0 Å². The van der Waals surface area contributed by atoms with Crippen LogP contribution in [0.4, 0.5) is 0 Å². The van der Waals surface area contributed by atoms with Crippen molar-refractivity contribution in [3.8, 4) is 0 Å². The maximum Gasteiger partial charge on any atom is 0.214 e. The highest BCUT2D eigenvalue weighted by Crippen LogP contribution is 2.25. The van der Waals surface area contributed by atoms with E-state index >= 15 is 0 Å². The fourth-order valence-corrected chi connectivity index (χ4v) is 4.55. The Morgan fingerprint density at radius 3 is 2.38 bits per heavy atom. The summed E-state index contributed by atoms with van der Waals surface area (Å²) in [6.07, 6.45) is 5.76. The molecule has 0 aromatic rings. The van der Waals surface area contributed by atoms with Crippen LogP contribution in [0.2, 0.25) is 0 Å². The second-order valence-electron chi connectivity index (χ2n) is 4.46. The molecule has 5 heteroatoms. The minimum absolute atomic E-state index is 0.317. The molecule has 0 aromatic heterocycles. The summed E-state index contributed by atoms with van der Waals surface area (Å²) >= 11 is 5.62. The van der Waals surface area contributed by atoms with Crippen LogP contribution in [0.5, 0.6) is 0 Å². The first-order chi connectivity index (χ1) is 7.60. The van der Waals surface area contributed by atoms with Crippen LogP contribution in [-0.2, 0) is 10.0 Å². The first kappa shape index (κ1) is 14.3. The van der Waals surface area contributed by atoms with E-state index in [1.54, 1.807) is 0 Å². The number of halogens is 1. The summed E-state index contributed by atoms with van der Waals surface area (Å²) in [4.78, 5) is 0. The van der Waals surface area contributed by atoms with Crippen LogP contribution >= 0.6 is 11.6 Å². The molecule has 0 heterocycles. The molecule has 1 fully saturated rings. The van der Waals surface area contributed by atoms with Crippen LogP contribution in [0.3, 0.4) is 0 Å². The molecule has 0 aromatic carbocycles. The van der Waals surface area contributed by atoms with Gasteiger partial charge < -0.3 is 0 Å². The van der Waals surface area contributed by atoms with Gasteiger partial charge in [-0.3, -0.25) is 0 Å². The molecule has 0 bridgehead atoms. The Balaban J connectivity index is 2.54. The molecule has 0 saturated heterocycles. The molecular weight excluding hydrogens is 246 g/mol. The van der Waals surface area contributed by atoms with E-state index < -0.39 is 10.0 Å². The molecule has 96 valence electrons. The molecule has 0 aliphatic heterocycles. The van der Waals surface area contributed by atoms with Gasteiger partial charge in [0.2, 0.25) is 10.0 Å². The lowest BCUT2D eigenvalue weighted by Gasteiger charge is -2.25. The molecule has 0 radical (unpaired) electrons. The van der Waals surface area contributed by atoms with Gasteiger partial charge in [-0.25, -0.2) is 12.7 Å². The van der Waals surface area contributed by atoms with Crippen molar-refractivity contribution in [2.75, 3.05) is 24.7 Å². The monoisotopic (exact) mass is 267 g/mol. The number of hydrogen-bond donors (Lipinski definition) is 0. The number of hydrogen-bond acceptors (Lipinski definition) is 2. The van der Waals surface area contributed by atoms with Crippen molar-refractivity contribution < 1.29 is 8.42 Å². The quantitative estimate of drug-likeness (QED) is 0.694. The number of alkyl halides is 1. The summed E-state index contributed by atoms with van der Waals surface area (Å²) in [5.74, 6) is 1.05. The molecule has 1 saturated carbocycles. The minimum Gasteiger partial charge on any atom is -0.212 e. The Labute approximate surface area is 104 Å². The fourth-order valence-electron chi connectivity index (χ4n) is 2.35. The van der Waals surface area contributed by atoms with Gasteiger partial charge in [0.25, 0.3) is 0 Å². The van der Waals surface area contributed by atoms with E-state index in [0.29, 0.717) is 30.6 Å². The SMILES string of the molecule is CCN(CCCl)S(=O)(=O)CC1CCCCC1. The van der Waals surface area contributed by atoms with E-state index in [0.717, 1.165) is 12.8 Å². The van der Waals surface area contributed by atoms with Gasteiger partial charge in [0.05, 0.1) is 5.75 Å². The second-order valence-corrected chi connectivity index (χ2v) is 6.85. The maximum atomic E-state index is 12.1. The Kier molecular flexibility index (Phi) is 6.08. The van der Waals surface area contributed by atoms with E-state index in [4.69, 9.17) is 11.6 Å². The van der Waals surface area contributed by atoms with Gasteiger partial charge in [-0.15, -0.1) is 11.6 Å². The molecule has 0 unspecified atom stereocenters. The molecule has 1 aliphatic rings. The Morgan fingerprint density at radius 1 is 1.25 bits per heavy atom. The summed E-state index contributed by atoms with van der Waals surface area (Å²) in [5, 5.41) is 0. The largest absolute Gasteiger partial charge is 0.214 e. The third kappa shape index (κ3) is 4.22. The predicted octanol–water partition coefficient (Wildman–Crippen LogP) is 2.46. The summed E-state index contributed by atoms with van der Waals surface area (Å²) < 4.78 is 25.7. The number of nitrogens with zero attached hydrogens (tertiary/aromatic N) is 1. The normalized spacial score (nSPS) is 19.2. The van der Waals surface area contributed by atoms with E-state index in [9.17, 15) is 8.42 Å². The minimum atomic E-state index is -3.09. The van der Waals surface area contributed by atoms with Crippen molar-refractivity contribution >= 4 is 21.6 Å². The smallest absolute Gasteiger partial charge is 0.212 e. The van der Waals surface area contributed by atoms with Crippen molar-refractivity contribution in [3.05, 3.63) is 0 Å². The van der Waals surface area contributed by atoms with Gasteiger partial charge in [0, 0.05) is 19.0 Å². The second kappa shape index (κ2) is 6.82. The summed E-state index contributed by atoms with van der Waals surface area (Å²) in [5.41, 5.74) is 0. The topological polar surface area (TPSA) is 37.4 Å². The van der Waals surface area contributed by atoms with Crippen molar-refractivity contribution in [2.24, 2.45) is 5.92 Å². The zero-order valence-corrected chi connectivity index (χ0v) is 11.6. The molecule has 1 rings (SSSR count). The lowest BCUT2D eigenvalue weighted by atomic mass is 9.91. The third-order valence-electron chi connectivity index (χ3n) is 3.25. The first-order valence-corrected chi connectivity index (χ1v) is 8.28. The number of rotatable bonds is 6. The van der Waals surface area contributed by atoms with Gasteiger partial charge in [-0.05, 0) is 18.8 Å². The molecule has 0 amide bonds. The molecule has 0 spiro atoms. The van der Waals surface area contributed by atoms with Crippen LogP contribution < -0.4 is 0 Å². The van der Waals surface area contributed by atoms with Gasteiger partial charge in [-0.1, -0.05) is 26.2 Å². The molecule has 0 atom stereocenters. The molecule has 3 nitrogen and oxygen atoms in total. The summed E-state index contributed by atoms with van der Waals surface area (Å²) in [6, 6.07) is 0. The van der Waals surface area contributed by atoms with Crippen LogP contribution in [0, 0.1) is 5.92 Å². The molecule has 0 N–H and O–H groups in total. The highest BCUT2D eigenvalue weighted by molar-refractivity contribution is 7.89. The van der Waals surface area contributed by atoms with Crippen LogP contribution in [0.15, 0.2) is 0 Å². The average Bonchev–Trinajstić information content (AvgIpc) is 2.26. The van der Waals surface area contributed by atoms with Crippen molar-refractivity contribution in [1.82, 2.24) is 4.31 Å². The first-order valence-electron chi connectivity index (χ1n) is 6.14. The van der Waals surface area contributed by atoms with E-state index in [2.05, 4.69) is 0 Å². The van der Waals surface area contributed by atoms with Crippen LogP contribution in [0.25, 0.3) is 0 Å². The van der Waals surface area contributed by atoms with Crippen LogP contribution in [-0.4, -0.2) is 37.4 Å². The maximum absolute atomic E-state index is 12.1. The highest BCUT2D eigenvalue weighted by atomic mass is 35.5. The van der Waals surface area contributed by atoms with Crippen molar-refractivity contribution in [1.29, 1.82) is 0 Å². The van der Waals surface area contributed by atoms with E-state index in [-0.39, 0.29) is 0 Å². The average molecular weight is 268 g/mol. The predicted molar refractivity (Wildman–Crippen MR) is 68.3 cm³/mol. The van der Waals surface area contributed by atoms with Gasteiger partial charge in [0.1, 0.15) is 0 Å². The van der Waals surface area contributed by atoms with Gasteiger partial charge in [-0.2, -0.15) is 0 Å².